The molecule has 1 N–H and O–H groups in total. The molecule has 6 nitrogen and oxygen atoms in total. The van der Waals surface area contributed by atoms with Gasteiger partial charge in [0.05, 0.1) is 11.4 Å². The van der Waals surface area contributed by atoms with Crippen LogP contribution in [-0.4, -0.2) is 45.8 Å². The van der Waals surface area contributed by atoms with Gasteiger partial charge < -0.3 is 14.8 Å². The summed E-state index contributed by atoms with van der Waals surface area (Å²) in [5, 5.41) is 11.0. The molecule has 0 spiro atoms. The fourth-order valence-corrected chi connectivity index (χ4v) is 6.46. The molecule has 1 saturated heterocycles. The Morgan fingerprint density at radius 1 is 1.15 bits per heavy atom. The van der Waals surface area contributed by atoms with Gasteiger partial charge in [0.1, 0.15) is 6.61 Å². The first-order chi connectivity index (χ1) is 16.0. The number of nitrogens with zero attached hydrogens (tertiary/aromatic N) is 2. The maximum absolute atomic E-state index is 13.6. The third kappa shape index (κ3) is 4.13. The monoisotopic (exact) mass is 452 g/mol. The van der Waals surface area contributed by atoms with Crippen LogP contribution in [0.25, 0.3) is 10.9 Å². The van der Waals surface area contributed by atoms with E-state index >= 15 is 0 Å². The van der Waals surface area contributed by atoms with Crippen molar-refractivity contribution in [3.63, 3.8) is 0 Å². The molecule has 3 aliphatic rings. The third-order valence-electron chi connectivity index (χ3n) is 8.15. The van der Waals surface area contributed by atoms with Gasteiger partial charge in [-0.05, 0) is 80.4 Å². The highest BCUT2D eigenvalue weighted by Gasteiger charge is 2.43. The van der Waals surface area contributed by atoms with Crippen LogP contribution in [0.2, 0.25) is 0 Å². The number of rotatable bonds is 7. The molecule has 0 bridgehead atoms. The van der Waals surface area contributed by atoms with E-state index < -0.39 is 5.97 Å². The number of carbonyl (C=O) groups is 2. The molecule has 4 atom stereocenters. The number of fused-ring (bicyclic) bond motifs is 2. The van der Waals surface area contributed by atoms with E-state index in [2.05, 4.69) is 31.3 Å². The first-order valence-corrected chi connectivity index (χ1v) is 12.8. The summed E-state index contributed by atoms with van der Waals surface area (Å²) in [5.41, 5.74) is 3.66. The molecule has 5 rings (SSSR count). The molecule has 2 aliphatic carbocycles. The summed E-state index contributed by atoms with van der Waals surface area (Å²) >= 11 is 0. The maximum atomic E-state index is 13.6. The molecule has 2 aromatic rings. The van der Waals surface area contributed by atoms with Crippen LogP contribution in [0.5, 0.6) is 0 Å². The van der Waals surface area contributed by atoms with E-state index in [1.165, 1.54) is 29.4 Å². The predicted molar refractivity (Wildman–Crippen MR) is 127 cm³/mol. The van der Waals surface area contributed by atoms with Gasteiger partial charge in [0, 0.05) is 30.6 Å². The Morgan fingerprint density at radius 3 is 2.70 bits per heavy atom. The second kappa shape index (κ2) is 9.03. The summed E-state index contributed by atoms with van der Waals surface area (Å²) in [6, 6.07) is 6.54. The van der Waals surface area contributed by atoms with Gasteiger partial charge in [-0.15, -0.1) is 0 Å². The van der Waals surface area contributed by atoms with Crippen molar-refractivity contribution < 1.29 is 19.5 Å². The first-order valence-electron chi connectivity index (χ1n) is 12.8. The van der Waals surface area contributed by atoms with E-state index in [4.69, 9.17) is 4.84 Å². The number of aliphatic carboxylic acids is 1. The van der Waals surface area contributed by atoms with Gasteiger partial charge in [0.15, 0.2) is 0 Å². The lowest BCUT2D eigenvalue weighted by Gasteiger charge is -2.46. The van der Waals surface area contributed by atoms with E-state index in [0.29, 0.717) is 18.9 Å². The summed E-state index contributed by atoms with van der Waals surface area (Å²) < 4.78 is 1.88. The van der Waals surface area contributed by atoms with E-state index in [9.17, 15) is 14.7 Å². The molecule has 0 radical (unpaired) electrons. The fraction of sp³-hybridized carbons (Fsp3) is 0.630. The van der Waals surface area contributed by atoms with Crippen molar-refractivity contribution in [2.45, 2.75) is 83.1 Å². The number of benzene rings is 1. The Bertz CT molecular complexity index is 1040. The fourth-order valence-electron chi connectivity index (χ4n) is 6.46. The minimum absolute atomic E-state index is 0.0702. The summed E-state index contributed by atoms with van der Waals surface area (Å²) in [6.45, 7) is 5.48. The molecule has 2 saturated carbocycles. The van der Waals surface area contributed by atoms with Crippen molar-refractivity contribution in [2.75, 3.05) is 13.2 Å². The van der Waals surface area contributed by atoms with Crippen molar-refractivity contribution in [2.24, 2.45) is 11.8 Å². The quantitative estimate of drug-likeness (QED) is 0.645. The highest BCUT2D eigenvalue weighted by Crippen LogP contribution is 2.46. The number of carboxylic acids is 1. The second-order valence-corrected chi connectivity index (χ2v) is 10.3. The Morgan fingerprint density at radius 2 is 1.97 bits per heavy atom. The van der Waals surface area contributed by atoms with Crippen LogP contribution in [0, 0.1) is 11.8 Å². The van der Waals surface area contributed by atoms with Gasteiger partial charge >= 0.3 is 5.97 Å². The van der Waals surface area contributed by atoms with Crippen molar-refractivity contribution in [3.05, 3.63) is 35.5 Å². The number of carbonyl (C=O) groups excluding carboxylic acids is 1. The second-order valence-electron chi connectivity index (χ2n) is 10.3. The number of hydrogen-bond acceptors (Lipinski definition) is 3. The third-order valence-corrected chi connectivity index (χ3v) is 8.15. The van der Waals surface area contributed by atoms with Crippen LogP contribution in [0.4, 0.5) is 0 Å². The lowest BCUT2D eigenvalue weighted by Crippen LogP contribution is -2.53. The molecule has 178 valence electrons. The molecule has 1 amide bonds. The van der Waals surface area contributed by atoms with Crippen molar-refractivity contribution in [1.29, 1.82) is 0 Å². The highest BCUT2D eigenvalue weighted by atomic mass is 16.7. The van der Waals surface area contributed by atoms with Crippen molar-refractivity contribution in [3.8, 4) is 0 Å². The van der Waals surface area contributed by atoms with Crippen LogP contribution in [0.3, 0.4) is 0 Å². The average molecular weight is 453 g/mol. The molecule has 1 aliphatic heterocycles. The smallest absolute Gasteiger partial charge is 0.306 e. The maximum Gasteiger partial charge on any atom is 0.306 e. The van der Waals surface area contributed by atoms with E-state index in [1.54, 1.807) is 0 Å². The molecule has 3 fully saturated rings. The summed E-state index contributed by atoms with van der Waals surface area (Å²) in [7, 11) is 0. The van der Waals surface area contributed by atoms with Crippen LogP contribution in [0.15, 0.2) is 24.4 Å². The van der Waals surface area contributed by atoms with Crippen LogP contribution in [-0.2, 0) is 9.59 Å². The standard InChI is InChI=1S/C27H36N2O4/c1-3-33-29-16-22(26-19(18-12-13-18)7-4-11-24(26)29)17(2)15-25(30)28-14-6-9-20-21(27(31)32)8-5-10-23(20)28/h4,7,11,16-18,20-21,23H,3,5-6,8-10,12-15H2,1-2H3,(H,31,32). The van der Waals surface area contributed by atoms with E-state index in [-0.39, 0.29) is 29.7 Å². The number of amides is 1. The van der Waals surface area contributed by atoms with Crippen LogP contribution in [0.1, 0.15) is 88.2 Å². The summed E-state index contributed by atoms with van der Waals surface area (Å²) in [5.74, 6) is -0.0347. The zero-order valence-corrected chi connectivity index (χ0v) is 19.8. The molecule has 1 aromatic heterocycles. The molecule has 33 heavy (non-hydrogen) atoms. The predicted octanol–water partition coefficient (Wildman–Crippen LogP) is 4.95. The van der Waals surface area contributed by atoms with Crippen molar-refractivity contribution >= 4 is 22.8 Å². The number of hydrogen-bond donors (Lipinski definition) is 1. The van der Waals surface area contributed by atoms with E-state index in [0.717, 1.165) is 44.2 Å². The van der Waals surface area contributed by atoms with Crippen molar-refractivity contribution in [1.82, 2.24) is 9.63 Å². The number of carboxylic acid groups (broad SMARTS) is 1. The van der Waals surface area contributed by atoms with Gasteiger partial charge in [0.2, 0.25) is 5.91 Å². The van der Waals surface area contributed by atoms with Gasteiger partial charge in [-0.25, -0.2) is 0 Å². The molecule has 4 unspecified atom stereocenters. The zero-order chi connectivity index (χ0) is 23.1. The molecule has 1 aromatic carbocycles. The first kappa shape index (κ1) is 22.3. The number of piperidine rings is 1. The normalized spacial score (nSPS) is 26.1. The van der Waals surface area contributed by atoms with Gasteiger partial charge in [0.25, 0.3) is 0 Å². The minimum Gasteiger partial charge on any atom is -0.481 e. The Hall–Kier alpha value is -2.50. The van der Waals surface area contributed by atoms with Crippen LogP contribution < -0.4 is 4.84 Å². The Balaban J connectivity index is 1.40. The largest absolute Gasteiger partial charge is 0.481 e. The number of aromatic nitrogens is 1. The van der Waals surface area contributed by atoms with E-state index in [1.807, 2.05) is 16.6 Å². The highest BCUT2D eigenvalue weighted by molar-refractivity contribution is 5.89. The molecule has 2 heterocycles. The topological polar surface area (TPSA) is 71.8 Å². The zero-order valence-electron chi connectivity index (χ0n) is 19.8. The van der Waals surface area contributed by atoms with Gasteiger partial charge in [-0.1, -0.05) is 25.5 Å². The van der Waals surface area contributed by atoms with Gasteiger partial charge in [-0.3, -0.25) is 9.59 Å². The van der Waals surface area contributed by atoms with Gasteiger partial charge in [-0.2, -0.15) is 4.73 Å². The molecular formula is C27H36N2O4. The minimum atomic E-state index is -0.691. The number of likely N-dealkylation sites (tertiary alicyclic amines) is 1. The van der Waals surface area contributed by atoms with Crippen LogP contribution >= 0.6 is 0 Å². The molecule has 6 heteroatoms. The summed E-state index contributed by atoms with van der Waals surface area (Å²) in [6.07, 6.45) is 9.39. The Labute approximate surface area is 195 Å². The SMILES string of the molecule is CCOn1cc(C(C)CC(=O)N2CCCC3C(C(=O)O)CCCC32)c2c(C3CC3)cccc21. The summed E-state index contributed by atoms with van der Waals surface area (Å²) in [4.78, 5) is 33.3. The average Bonchev–Trinajstić information content (AvgIpc) is 3.59. The Kier molecular flexibility index (Phi) is 6.11. The lowest BCUT2D eigenvalue weighted by molar-refractivity contribution is -0.152. The lowest BCUT2D eigenvalue weighted by atomic mass is 9.71. The molecular weight excluding hydrogens is 416 g/mol.